The molecule has 13 heteroatoms. The van der Waals surface area contributed by atoms with E-state index in [-0.39, 0.29) is 36.5 Å². The predicted octanol–water partition coefficient (Wildman–Crippen LogP) is 5.46. The molecule has 4 N–H and O–H groups in total. The van der Waals surface area contributed by atoms with Crippen LogP contribution in [-0.2, 0) is 37.3 Å². The van der Waals surface area contributed by atoms with Crippen molar-refractivity contribution in [2.24, 2.45) is 0 Å². The van der Waals surface area contributed by atoms with Crippen LogP contribution in [0.5, 0.6) is 0 Å². The number of aromatic nitrogens is 4. The van der Waals surface area contributed by atoms with Crippen molar-refractivity contribution in [2.75, 3.05) is 38.2 Å². The maximum Gasteiger partial charge on any atom is 0.270 e. The van der Waals surface area contributed by atoms with E-state index in [1.54, 1.807) is 18.2 Å². The minimum Gasteiger partial charge on any atom is -0.381 e. The molecule has 5 aromatic rings. The molecule has 0 bridgehead atoms. The Balaban J connectivity index is 1.02. The van der Waals surface area contributed by atoms with Gasteiger partial charge in [0.1, 0.15) is 11.5 Å². The lowest BCUT2D eigenvalue weighted by Gasteiger charge is -2.31. The summed E-state index contributed by atoms with van der Waals surface area (Å²) in [5, 5.41) is 18.6. The van der Waals surface area contributed by atoms with Gasteiger partial charge in [-0.25, -0.2) is 14.1 Å². The average molecular weight is 748 g/mol. The molecule has 12 nitrogen and oxygen atoms in total. The van der Waals surface area contributed by atoms with Gasteiger partial charge in [-0.05, 0) is 80.1 Å². The van der Waals surface area contributed by atoms with Crippen molar-refractivity contribution in [2.45, 2.75) is 78.3 Å². The maximum absolute atomic E-state index is 15.1. The number of hydrogen-bond acceptors (Lipinski definition) is 9. The molecule has 55 heavy (non-hydrogen) atoms. The van der Waals surface area contributed by atoms with Gasteiger partial charge in [-0.2, -0.15) is 5.10 Å². The fraction of sp³-hybridized carbons (Fsp3) is 0.405. The minimum atomic E-state index is -0.438. The van der Waals surface area contributed by atoms with Gasteiger partial charge in [-0.3, -0.25) is 19.5 Å². The van der Waals surface area contributed by atoms with Gasteiger partial charge in [0.2, 0.25) is 0 Å². The average Bonchev–Trinajstić information content (AvgIpc) is 3.63. The van der Waals surface area contributed by atoms with E-state index in [1.807, 2.05) is 36.0 Å². The monoisotopic (exact) mass is 747 g/mol. The van der Waals surface area contributed by atoms with Crippen molar-refractivity contribution in [1.29, 1.82) is 0 Å². The number of ether oxygens (including phenoxy) is 1. The summed E-state index contributed by atoms with van der Waals surface area (Å²) in [6, 6.07) is 16.6. The molecule has 2 fully saturated rings. The van der Waals surface area contributed by atoms with Crippen LogP contribution in [0, 0.1) is 5.82 Å². The molecule has 288 valence electrons. The normalized spacial score (nSPS) is 16.6. The minimum absolute atomic E-state index is 0.108. The van der Waals surface area contributed by atoms with Gasteiger partial charge in [0.25, 0.3) is 11.8 Å². The van der Waals surface area contributed by atoms with Crippen LogP contribution in [-0.4, -0.2) is 81.4 Å². The molecule has 7 rings (SSSR count). The van der Waals surface area contributed by atoms with Crippen molar-refractivity contribution < 1.29 is 18.7 Å². The number of carbonyl (C=O) groups excluding carboxylic acids is 2. The third-order valence-electron chi connectivity index (χ3n) is 10.4. The smallest absolute Gasteiger partial charge is 0.270 e. The van der Waals surface area contributed by atoms with E-state index in [0.717, 1.165) is 83.7 Å². The number of carbonyl (C=O) groups is 2. The summed E-state index contributed by atoms with van der Waals surface area (Å²) in [4.78, 5) is 38.5. The zero-order valence-electron chi connectivity index (χ0n) is 31.8. The summed E-state index contributed by atoms with van der Waals surface area (Å²) in [5.41, 5.74) is 7.10. The summed E-state index contributed by atoms with van der Waals surface area (Å²) in [7, 11) is 0. The summed E-state index contributed by atoms with van der Waals surface area (Å²) in [5.74, 6) is -1.10. The third kappa shape index (κ3) is 9.01. The number of amides is 2. The quantitative estimate of drug-likeness (QED) is 0.124. The Hall–Kier alpha value is -5.24. The molecule has 2 aliphatic heterocycles. The summed E-state index contributed by atoms with van der Waals surface area (Å²) >= 11 is 0. The number of rotatable bonds is 13. The Labute approximate surface area is 321 Å². The Bertz CT molecular complexity index is 2150. The topological polar surface area (TPSA) is 138 Å². The van der Waals surface area contributed by atoms with Crippen LogP contribution in [0.2, 0.25) is 0 Å². The van der Waals surface area contributed by atoms with Crippen LogP contribution in [0.4, 0.5) is 10.1 Å². The first-order valence-corrected chi connectivity index (χ1v) is 19.4. The van der Waals surface area contributed by atoms with Crippen molar-refractivity contribution in [3.63, 3.8) is 0 Å². The Kier molecular flexibility index (Phi) is 12.1. The molecule has 2 saturated heterocycles. The first-order valence-electron chi connectivity index (χ1n) is 19.4. The number of piperazine rings is 1. The van der Waals surface area contributed by atoms with Gasteiger partial charge >= 0.3 is 0 Å². The molecule has 2 aromatic carbocycles. The molecular formula is C42H50FN9O3. The predicted molar refractivity (Wildman–Crippen MR) is 211 cm³/mol. The van der Waals surface area contributed by atoms with E-state index in [2.05, 4.69) is 56.2 Å². The Morgan fingerprint density at radius 2 is 1.84 bits per heavy atom. The molecule has 0 unspecified atom stereocenters. The van der Waals surface area contributed by atoms with E-state index in [0.29, 0.717) is 43.3 Å². The number of aryl methyl sites for hydroxylation is 2. The molecule has 3 aromatic heterocycles. The highest BCUT2D eigenvalue weighted by Crippen LogP contribution is 2.31. The highest BCUT2D eigenvalue weighted by Gasteiger charge is 2.23. The maximum atomic E-state index is 15.1. The van der Waals surface area contributed by atoms with Crippen LogP contribution in [0.1, 0.15) is 76.8 Å². The second kappa shape index (κ2) is 17.5. The second-order valence-corrected chi connectivity index (χ2v) is 14.4. The van der Waals surface area contributed by atoms with E-state index in [1.165, 1.54) is 18.3 Å². The number of benzene rings is 2. The van der Waals surface area contributed by atoms with Gasteiger partial charge in [0.05, 0.1) is 17.3 Å². The Morgan fingerprint density at radius 1 is 1.00 bits per heavy atom. The van der Waals surface area contributed by atoms with Gasteiger partial charge in [0.15, 0.2) is 5.65 Å². The van der Waals surface area contributed by atoms with Gasteiger partial charge in [-0.15, -0.1) is 0 Å². The highest BCUT2D eigenvalue weighted by molar-refractivity contribution is 5.99. The lowest BCUT2D eigenvalue weighted by Crippen LogP contribution is -2.48. The molecular weight excluding hydrogens is 698 g/mol. The fourth-order valence-electron chi connectivity index (χ4n) is 7.49. The summed E-state index contributed by atoms with van der Waals surface area (Å²) in [6.07, 6.45) is 5.74. The zero-order valence-corrected chi connectivity index (χ0v) is 31.8. The van der Waals surface area contributed by atoms with Gasteiger partial charge < -0.3 is 26.0 Å². The van der Waals surface area contributed by atoms with E-state index >= 15 is 4.39 Å². The fourth-order valence-corrected chi connectivity index (χ4v) is 7.49. The van der Waals surface area contributed by atoms with Crippen LogP contribution in [0.25, 0.3) is 22.2 Å². The van der Waals surface area contributed by atoms with Crippen LogP contribution >= 0.6 is 0 Å². The highest BCUT2D eigenvalue weighted by atomic mass is 19.1. The van der Waals surface area contributed by atoms with E-state index in [4.69, 9.17) is 9.72 Å². The number of hydrogen-bond donors (Lipinski definition) is 4. The number of nitrogens with zero attached hydrogens (tertiary/aromatic N) is 5. The number of fused-ring (bicyclic) bond motifs is 1. The third-order valence-corrected chi connectivity index (χ3v) is 10.4. The standard InChI is InChI=1S/C42H50FN9O3/c1-4-37-34(39(49-32-12-17-55-18-13-32)35-24-48-52(5-2)40(35)50-37)23-47-41(53)31-11-14-45-38(21-31)42(54)46-22-28-9-10-36(43)33(20-28)30-8-6-7-29(19-30)26-51-16-15-44-27(3)25-51/h6-11,14,19-21,24,27,32,44H,4-5,12-13,15-18,22-23,25-26H2,1-3H3,(H,46,54)(H,47,53)(H,49,50)/t27-/m0/s1. The molecule has 0 saturated carbocycles. The molecule has 0 spiro atoms. The van der Waals surface area contributed by atoms with Crippen LogP contribution in [0.3, 0.4) is 0 Å². The summed E-state index contributed by atoms with van der Waals surface area (Å²) in [6.45, 7) is 12.4. The van der Waals surface area contributed by atoms with E-state index < -0.39 is 5.91 Å². The molecule has 5 heterocycles. The van der Waals surface area contributed by atoms with Crippen LogP contribution in [0.15, 0.2) is 67.0 Å². The van der Waals surface area contributed by atoms with Crippen molar-refractivity contribution in [1.82, 2.24) is 40.6 Å². The second-order valence-electron chi connectivity index (χ2n) is 14.4. The van der Waals surface area contributed by atoms with Crippen molar-refractivity contribution in [3.05, 3.63) is 106 Å². The van der Waals surface area contributed by atoms with Crippen molar-refractivity contribution >= 4 is 28.5 Å². The van der Waals surface area contributed by atoms with Crippen LogP contribution < -0.4 is 21.3 Å². The molecule has 2 amide bonds. The largest absolute Gasteiger partial charge is 0.381 e. The van der Waals surface area contributed by atoms with E-state index in [9.17, 15) is 9.59 Å². The summed E-state index contributed by atoms with van der Waals surface area (Å²) < 4.78 is 22.6. The molecule has 1 atom stereocenters. The first kappa shape index (κ1) is 38.1. The molecule has 0 radical (unpaired) electrons. The number of anilines is 1. The zero-order chi connectivity index (χ0) is 38.3. The van der Waals surface area contributed by atoms with Gasteiger partial charge in [-0.1, -0.05) is 31.2 Å². The number of nitrogens with one attached hydrogen (secondary N) is 4. The molecule has 0 aliphatic carbocycles. The number of halogens is 1. The number of pyridine rings is 2. The van der Waals surface area contributed by atoms with Crippen molar-refractivity contribution in [3.8, 4) is 11.1 Å². The molecule has 2 aliphatic rings. The Morgan fingerprint density at radius 3 is 2.64 bits per heavy atom. The SMILES string of the molecule is CCc1nc2c(cnn2CC)c(NC2CCOCC2)c1CNC(=O)c1ccnc(C(=O)NCc2ccc(F)c(-c3cccc(CN4CCN[C@@H](C)C4)c3)c2)c1. The first-order chi connectivity index (χ1) is 26.8. The lowest BCUT2D eigenvalue weighted by molar-refractivity contribution is 0.0904. The van der Waals surface area contributed by atoms with Gasteiger partial charge in [0, 0.05) is 99.7 Å². The lowest BCUT2D eigenvalue weighted by atomic mass is 10.00.